The van der Waals surface area contributed by atoms with E-state index in [4.69, 9.17) is 10.7 Å². The molecule has 1 aromatic carbocycles. The number of β-lactam (4-membered cyclic amide) rings is 1. The van der Waals surface area contributed by atoms with E-state index in [-0.39, 0.29) is 12.0 Å². The van der Waals surface area contributed by atoms with Crippen molar-refractivity contribution in [2.24, 2.45) is 0 Å². The molecule has 1 unspecified atom stereocenters. The minimum Gasteiger partial charge on any atom is -0.274 e. The lowest BCUT2D eigenvalue weighted by Gasteiger charge is -2.37. The van der Waals surface area contributed by atoms with E-state index in [1.807, 2.05) is 0 Å². The third-order valence-corrected chi connectivity index (χ3v) is 3.78. The van der Waals surface area contributed by atoms with Gasteiger partial charge in [-0.25, -0.2) is 13.1 Å². The van der Waals surface area contributed by atoms with E-state index in [9.17, 15) is 22.0 Å². The summed E-state index contributed by atoms with van der Waals surface area (Å²) in [4.78, 5) is 11.1. The van der Waals surface area contributed by atoms with Crippen LogP contribution in [0.1, 0.15) is 18.0 Å². The molecule has 0 aromatic heterocycles. The number of carbonyl (C=O) groups is 1. The lowest BCUT2D eigenvalue weighted by atomic mass is 9.97. The zero-order valence-electron chi connectivity index (χ0n) is 8.23. The molecule has 17 heavy (non-hydrogen) atoms. The summed E-state index contributed by atoms with van der Waals surface area (Å²) in [6.07, 6.45) is -0.144. The SMILES string of the molecule is O=C1CC(c2cc(F)cc(F)c2)N1S(=O)(=O)Cl. The van der Waals surface area contributed by atoms with E-state index in [1.54, 1.807) is 0 Å². The molecule has 1 aliphatic heterocycles. The highest BCUT2D eigenvalue weighted by Gasteiger charge is 2.44. The minimum atomic E-state index is -4.23. The van der Waals surface area contributed by atoms with Crippen LogP contribution in [0.15, 0.2) is 18.2 Å². The molecule has 8 heteroatoms. The first-order valence-electron chi connectivity index (χ1n) is 4.52. The molecule has 1 aliphatic rings. The highest BCUT2D eigenvalue weighted by molar-refractivity contribution is 8.12. The van der Waals surface area contributed by atoms with Gasteiger partial charge < -0.3 is 0 Å². The second-order valence-electron chi connectivity index (χ2n) is 3.55. The molecule has 1 saturated heterocycles. The number of nitrogens with zero attached hydrogens (tertiary/aromatic N) is 1. The normalized spacial score (nSPS) is 20.3. The van der Waals surface area contributed by atoms with Crippen molar-refractivity contribution in [3.63, 3.8) is 0 Å². The first-order chi connectivity index (χ1) is 7.79. The zero-order chi connectivity index (χ0) is 12.8. The monoisotopic (exact) mass is 281 g/mol. The maximum Gasteiger partial charge on any atom is 0.324 e. The first-order valence-corrected chi connectivity index (χ1v) is 6.78. The van der Waals surface area contributed by atoms with Crippen LogP contribution in [-0.4, -0.2) is 18.6 Å². The Morgan fingerprint density at radius 3 is 2.18 bits per heavy atom. The van der Waals surface area contributed by atoms with Gasteiger partial charge in [0.1, 0.15) is 11.6 Å². The third kappa shape index (κ3) is 2.25. The lowest BCUT2D eigenvalue weighted by Crippen LogP contribution is -2.48. The summed E-state index contributed by atoms with van der Waals surface area (Å²) in [5, 5.41) is 0. The average molecular weight is 282 g/mol. The Balaban J connectivity index is 2.39. The molecule has 0 radical (unpaired) electrons. The molecule has 1 heterocycles. The Morgan fingerprint density at radius 2 is 1.76 bits per heavy atom. The fraction of sp³-hybridized carbons (Fsp3) is 0.222. The van der Waals surface area contributed by atoms with E-state index in [0.717, 1.165) is 12.1 Å². The van der Waals surface area contributed by atoms with Crippen LogP contribution in [0.4, 0.5) is 8.78 Å². The van der Waals surface area contributed by atoms with Crippen molar-refractivity contribution in [2.45, 2.75) is 12.5 Å². The van der Waals surface area contributed by atoms with Gasteiger partial charge in [0.15, 0.2) is 0 Å². The lowest BCUT2D eigenvalue weighted by molar-refractivity contribution is -0.137. The summed E-state index contributed by atoms with van der Waals surface area (Å²) in [6.45, 7) is 0. The number of halogens is 3. The number of amides is 1. The number of hydrogen-bond acceptors (Lipinski definition) is 3. The second kappa shape index (κ2) is 3.92. The molecule has 92 valence electrons. The number of rotatable bonds is 2. The summed E-state index contributed by atoms with van der Waals surface area (Å²) in [5.41, 5.74) is 0.0614. The molecular weight excluding hydrogens is 276 g/mol. The number of hydrogen-bond donors (Lipinski definition) is 0. The fourth-order valence-corrected chi connectivity index (χ4v) is 3.03. The predicted molar refractivity (Wildman–Crippen MR) is 55.3 cm³/mol. The van der Waals surface area contributed by atoms with Gasteiger partial charge in [-0.15, -0.1) is 0 Å². The van der Waals surface area contributed by atoms with Crippen molar-refractivity contribution in [3.8, 4) is 0 Å². The molecule has 1 amide bonds. The van der Waals surface area contributed by atoms with Crippen molar-refractivity contribution in [1.82, 2.24) is 4.31 Å². The van der Waals surface area contributed by atoms with Crippen molar-refractivity contribution in [2.75, 3.05) is 0 Å². The minimum absolute atomic E-state index is 0.0614. The summed E-state index contributed by atoms with van der Waals surface area (Å²) in [6, 6.07) is 1.66. The molecule has 4 nitrogen and oxygen atoms in total. The van der Waals surface area contributed by atoms with Crippen LogP contribution < -0.4 is 0 Å². The molecule has 1 atom stereocenters. The van der Waals surface area contributed by atoms with E-state index < -0.39 is 32.8 Å². The van der Waals surface area contributed by atoms with Gasteiger partial charge in [-0.1, -0.05) is 0 Å². The van der Waals surface area contributed by atoms with Gasteiger partial charge in [0, 0.05) is 16.7 Å². The summed E-state index contributed by atoms with van der Waals surface area (Å²) < 4.78 is 48.4. The molecular formula is C9H6ClF2NO3S. The van der Waals surface area contributed by atoms with Crippen molar-refractivity contribution in [1.29, 1.82) is 0 Å². The van der Waals surface area contributed by atoms with Gasteiger partial charge in [-0.2, -0.15) is 8.42 Å². The fourth-order valence-electron chi connectivity index (χ4n) is 1.69. The molecule has 1 aromatic rings. The highest BCUT2D eigenvalue weighted by atomic mass is 35.7. The van der Waals surface area contributed by atoms with Gasteiger partial charge in [-0.3, -0.25) is 4.79 Å². The molecule has 0 bridgehead atoms. The topological polar surface area (TPSA) is 54.5 Å². The maximum atomic E-state index is 12.9. The standard InChI is InChI=1S/C9H6ClF2NO3S/c10-17(15,16)13-8(4-9(13)14)5-1-6(11)3-7(12)2-5/h1-3,8H,4H2. The molecule has 2 rings (SSSR count). The van der Waals surface area contributed by atoms with Crippen molar-refractivity contribution >= 4 is 25.8 Å². The van der Waals surface area contributed by atoms with E-state index >= 15 is 0 Å². The van der Waals surface area contributed by atoms with Crippen molar-refractivity contribution < 1.29 is 22.0 Å². The highest BCUT2D eigenvalue weighted by Crippen LogP contribution is 2.38. The van der Waals surface area contributed by atoms with Crippen LogP contribution in [-0.2, 0) is 14.0 Å². The van der Waals surface area contributed by atoms with Crippen LogP contribution in [0.5, 0.6) is 0 Å². The quantitative estimate of drug-likeness (QED) is 0.613. The first kappa shape index (κ1) is 12.3. The van der Waals surface area contributed by atoms with Crippen LogP contribution in [0.25, 0.3) is 0 Å². The molecule has 0 saturated carbocycles. The van der Waals surface area contributed by atoms with Crippen molar-refractivity contribution in [3.05, 3.63) is 35.4 Å². The third-order valence-electron chi connectivity index (χ3n) is 2.40. The Kier molecular flexibility index (Phi) is 2.82. The Morgan fingerprint density at radius 1 is 1.24 bits per heavy atom. The van der Waals surface area contributed by atoms with Gasteiger partial charge in [0.25, 0.3) is 0 Å². The number of benzene rings is 1. The average Bonchev–Trinajstić information content (AvgIpc) is 2.08. The Labute approximate surface area is 100 Å². The van der Waals surface area contributed by atoms with Gasteiger partial charge in [0.2, 0.25) is 5.91 Å². The van der Waals surface area contributed by atoms with Gasteiger partial charge >= 0.3 is 9.24 Å². The summed E-state index contributed by atoms with van der Waals surface area (Å²) in [7, 11) is 0.817. The summed E-state index contributed by atoms with van der Waals surface area (Å²) >= 11 is 0. The van der Waals surface area contributed by atoms with Gasteiger partial charge in [0.05, 0.1) is 12.5 Å². The number of carbonyl (C=O) groups excluding carboxylic acids is 1. The molecule has 0 N–H and O–H groups in total. The van der Waals surface area contributed by atoms with E-state index in [2.05, 4.69) is 0 Å². The Bertz CT molecular complexity index is 570. The van der Waals surface area contributed by atoms with E-state index in [1.165, 1.54) is 0 Å². The van der Waals surface area contributed by atoms with Gasteiger partial charge in [-0.05, 0) is 17.7 Å². The van der Waals surface area contributed by atoms with Crippen LogP contribution in [0, 0.1) is 11.6 Å². The summed E-state index contributed by atoms with van der Waals surface area (Å²) in [5.74, 6) is -2.38. The maximum absolute atomic E-state index is 12.9. The van der Waals surface area contributed by atoms with Crippen LogP contribution in [0.3, 0.4) is 0 Å². The van der Waals surface area contributed by atoms with E-state index in [0.29, 0.717) is 10.4 Å². The zero-order valence-corrected chi connectivity index (χ0v) is 9.80. The predicted octanol–water partition coefficient (Wildman–Crippen LogP) is 1.72. The molecule has 0 aliphatic carbocycles. The molecule has 1 fully saturated rings. The Hall–Kier alpha value is -1.21. The molecule has 0 spiro atoms. The second-order valence-corrected chi connectivity index (χ2v) is 5.94. The largest absolute Gasteiger partial charge is 0.324 e. The smallest absolute Gasteiger partial charge is 0.274 e. The van der Waals surface area contributed by atoms with Crippen LogP contribution >= 0.6 is 10.7 Å². The van der Waals surface area contributed by atoms with Crippen LogP contribution in [0.2, 0.25) is 0 Å².